The van der Waals surface area contributed by atoms with Crippen LogP contribution in [0, 0.1) is 0 Å². The molecule has 0 spiro atoms. The van der Waals surface area contributed by atoms with Crippen LogP contribution in [0.4, 0.5) is 0 Å². The number of rotatable bonds is 9. The Bertz CT molecular complexity index is 1020. The van der Waals surface area contributed by atoms with E-state index in [4.69, 9.17) is 9.47 Å². The summed E-state index contributed by atoms with van der Waals surface area (Å²) < 4.78 is 10.3. The van der Waals surface area contributed by atoms with Gasteiger partial charge in [-0.3, -0.25) is 14.7 Å². The number of carbonyl (C=O) groups excluding carboxylic acids is 2. The number of hydrogen-bond donors (Lipinski definition) is 3. The summed E-state index contributed by atoms with van der Waals surface area (Å²) in [7, 11) is 3.19. The number of amides is 2. The van der Waals surface area contributed by atoms with Crippen LogP contribution in [-0.4, -0.2) is 41.2 Å². The van der Waals surface area contributed by atoms with Crippen LogP contribution in [0.3, 0.4) is 0 Å². The lowest BCUT2D eigenvalue weighted by Crippen LogP contribution is -2.32. The van der Waals surface area contributed by atoms with Crippen molar-refractivity contribution < 1.29 is 19.1 Å². The Morgan fingerprint density at radius 2 is 1.61 bits per heavy atom. The van der Waals surface area contributed by atoms with Gasteiger partial charge < -0.3 is 20.1 Å². The molecule has 1 atom stereocenters. The summed E-state index contributed by atoms with van der Waals surface area (Å²) in [5.74, 6) is 2.07. The highest BCUT2D eigenvalue weighted by atomic mass is 16.5. The van der Waals surface area contributed by atoms with Crippen molar-refractivity contribution in [2.45, 2.75) is 25.9 Å². The maximum Gasteiger partial charge on any atom is 0.222 e. The van der Waals surface area contributed by atoms with E-state index < -0.39 is 6.04 Å². The van der Waals surface area contributed by atoms with Crippen LogP contribution in [0.2, 0.25) is 0 Å². The van der Waals surface area contributed by atoms with E-state index in [1.54, 1.807) is 26.4 Å². The van der Waals surface area contributed by atoms with Crippen molar-refractivity contribution in [2.24, 2.45) is 0 Å². The second kappa shape index (κ2) is 10.2. The van der Waals surface area contributed by atoms with Gasteiger partial charge >= 0.3 is 0 Å². The molecule has 0 radical (unpaired) electrons. The molecule has 0 fully saturated rings. The summed E-state index contributed by atoms with van der Waals surface area (Å²) in [5.41, 5.74) is 1.65. The zero-order valence-corrected chi connectivity index (χ0v) is 17.6. The van der Waals surface area contributed by atoms with Crippen LogP contribution >= 0.6 is 0 Å². The molecule has 1 aromatic heterocycles. The Balaban J connectivity index is 1.59. The van der Waals surface area contributed by atoms with E-state index >= 15 is 0 Å². The van der Waals surface area contributed by atoms with Crippen LogP contribution in [-0.2, 0) is 16.1 Å². The lowest BCUT2D eigenvalue weighted by atomic mass is 10.0. The normalized spacial score (nSPS) is 11.5. The molecular formula is C22H25N5O4. The van der Waals surface area contributed by atoms with Crippen molar-refractivity contribution in [3.63, 3.8) is 0 Å². The number of aromatic nitrogens is 3. The quantitative estimate of drug-likeness (QED) is 0.486. The summed E-state index contributed by atoms with van der Waals surface area (Å²) in [4.78, 5) is 28.5. The van der Waals surface area contributed by atoms with E-state index in [1.807, 2.05) is 36.4 Å². The van der Waals surface area contributed by atoms with Crippen molar-refractivity contribution in [2.75, 3.05) is 14.2 Å². The molecule has 0 saturated heterocycles. The van der Waals surface area contributed by atoms with Gasteiger partial charge in [0.1, 0.15) is 17.3 Å². The Morgan fingerprint density at radius 1 is 1.00 bits per heavy atom. The van der Waals surface area contributed by atoms with Gasteiger partial charge in [0, 0.05) is 12.5 Å². The van der Waals surface area contributed by atoms with Crippen molar-refractivity contribution in [1.29, 1.82) is 0 Å². The highest BCUT2D eigenvalue weighted by Crippen LogP contribution is 2.21. The maximum absolute atomic E-state index is 12.5. The van der Waals surface area contributed by atoms with Crippen LogP contribution in [0.25, 0.3) is 11.4 Å². The standard InChI is InChI=1S/C22H25N5O4/c1-14(28)24-19(15-4-8-17(30-2)9-5-15)12-21(29)23-13-20-25-22(27-26-20)16-6-10-18(31-3)11-7-16/h4-11,19H,12-13H2,1-3H3,(H,23,29)(H,24,28)(H,25,26,27). The summed E-state index contributed by atoms with van der Waals surface area (Å²) >= 11 is 0. The molecule has 0 saturated carbocycles. The predicted molar refractivity (Wildman–Crippen MR) is 114 cm³/mol. The third kappa shape index (κ3) is 6.05. The first-order valence-corrected chi connectivity index (χ1v) is 9.72. The smallest absolute Gasteiger partial charge is 0.222 e. The second-order valence-electron chi connectivity index (χ2n) is 6.84. The number of carbonyl (C=O) groups is 2. The van der Waals surface area contributed by atoms with Gasteiger partial charge in [0.25, 0.3) is 0 Å². The van der Waals surface area contributed by atoms with E-state index in [2.05, 4.69) is 25.8 Å². The van der Waals surface area contributed by atoms with Gasteiger partial charge in [0.05, 0.1) is 33.2 Å². The molecule has 0 bridgehead atoms. The lowest BCUT2D eigenvalue weighted by Gasteiger charge is -2.18. The van der Waals surface area contributed by atoms with Gasteiger partial charge in [-0.15, -0.1) is 0 Å². The summed E-state index contributed by atoms with van der Waals surface area (Å²) in [6, 6.07) is 14.1. The zero-order valence-electron chi connectivity index (χ0n) is 17.6. The molecule has 31 heavy (non-hydrogen) atoms. The molecule has 2 aromatic carbocycles. The molecule has 2 amide bonds. The molecule has 9 nitrogen and oxygen atoms in total. The zero-order chi connectivity index (χ0) is 22.2. The van der Waals surface area contributed by atoms with Crippen molar-refractivity contribution >= 4 is 11.8 Å². The monoisotopic (exact) mass is 423 g/mol. The number of ether oxygens (including phenoxy) is 2. The first-order valence-electron chi connectivity index (χ1n) is 9.72. The van der Waals surface area contributed by atoms with Gasteiger partial charge in [-0.1, -0.05) is 12.1 Å². The van der Waals surface area contributed by atoms with E-state index in [-0.39, 0.29) is 24.8 Å². The van der Waals surface area contributed by atoms with Crippen molar-refractivity contribution in [3.8, 4) is 22.9 Å². The highest BCUT2D eigenvalue weighted by molar-refractivity contribution is 5.79. The van der Waals surface area contributed by atoms with Crippen LogP contribution in [0.1, 0.15) is 30.8 Å². The molecule has 162 valence electrons. The number of aromatic amines is 1. The SMILES string of the molecule is COc1ccc(-c2n[nH]c(CNC(=O)CC(NC(C)=O)c3ccc(OC)cc3)n2)cc1. The van der Waals surface area contributed by atoms with Crippen LogP contribution in [0.5, 0.6) is 11.5 Å². The molecule has 0 aliphatic rings. The van der Waals surface area contributed by atoms with Gasteiger partial charge in [-0.2, -0.15) is 5.10 Å². The Hall–Kier alpha value is -3.88. The van der Waals surface area contributed by atoms with E-state index in [0.29, 0.717) is 17.4 Å². The maximum atomic E-state index is 12.5. The molecule has 1 heterocycles. The second-order valence-corrected chi connectivity index (χ2v) is 6.84. The first kappa shape index (κ1) is 21.8. The molecule has 3 aromatic rings. The minimum absolute atomic E-state index is 0.0887. The molecular weight excluding hydrogens is 398 g/mol. The number of benzene rings is 2. The molecule has 0 aliphatic carbocycles. The Kier molecular flexibility index (Phi) is 7.21. The third-order valence-electron chi connectivity index (χ3n) is 4.62. The number of methoxy groups -OCH3 is 2. The van der Waals surface area contributed by atoms with Gasteiger partial charge in [0.2, 0.25) is 11.8 Å². The van der Waals surface area contributed by atoms with Gasteiger partial charge in [0.15, 0.2) is 5.82 Å². The summed E-state index contributed by atoms with van der Waals surface area (Å²) in [6.45, 7) is 1.61. The minimum atomic E-state index is -0.451. The van der Waals surface area contributed by atoms with Crippen molar-refractivity contribution in [3.05, 3.63) is 59.9 Å². The van der Waals surface area contributed by atoms with Gasteiger partial charge in [-0.25, -0.2) is 4.98 Å². The Labute approximate surface area is 180 Å². The predicted octanol–water partition coefficient (Wildman–Crippen LogP) is 2.37. The fraction of sp³-hybridized carbons (Fsp3) is 0.273. The van der Waals surface area contributed by atoms with Crippen molar-refractivity contribution in [1.82, 2.24) is 25.8 Å². The largest absolute Gasteiger partial charge is 0.497 e. The van der Waals surface area contributed by atoms with Crippen LogP contribution < -0.4 is 20.1 Å². The highest BCUT2D eigenvalue weighted by Gasteiger charge is 2.17. The third-order valence-corrected chi connectivity index (χ3v) is 4.62. The topological polar surface area (TPSA) is 118 Å². The fourth-order valence-corrected chi connectivity index (χ4v) is 3.02. The van der Waals surface area contributed by atoms with E-state index in [9.17, 15) is 9.59 Å². The summed E-state index contributed by atoms with van der Waals surface area (Å²) in [6.07, 6.45) is 0.0887. The average Bonchev–Trinajstić information content (AvgIpc) is 3.26. The van der Waals surface area contributed by atoms with E-state index in [0.717, 1.165) is 16.9 Å². The molecule has 9 heteroatoms. The molecule has 0 aliphatic heterocycles. The minimum Gasteiger partial charge on any atom is -0.497 e. The first-order chi connectivity index (χ1) is 15.0. The summed E-state index contributed by atoms with van der Waals surface area (Å²) in [5, 5.41) is 12.6. The molecule has 3 N–H and O–H groups in total. The Morgan fingerprint density at radius 3 is 2.19 bits per heavy atom. The fourth-order valence-electron chi connectivity index (χ4n) is 3.02. The number of H-pyrrole nitrogens is 1. The molecule has 1 unspecified atom stereocenters. The average molecular weight is 423 g/mol. The number of nitrogens with one attached hydrogen (secondary N) is 3. The lowest BCUT2D eigenvalue weighted by molar-refractivity contribution is -0.123. The number of nitrogens with zero attached hydrogens (tertiary/aromatic N) is 2. The van der Waals surface area contributed by atoms with Crippen LogP contribution in [0.15, 0.2) is 48.5 Å². The molecule has 3 rings (SSSR count). The van der Waals surface area contributed by atoms with Gasteiger partial charge in [-0.05, 0) is 42.0 Å². The van der Waals surface area contributed by atoms with E-state index in [1.165, 1.54) is 6.92 Å². The number of hydrogen-bond acceptors (Lipinski definition) is 6.